The van der Waals surface area contributed by atoms with Gasteiger partial charge in [0, 0.05) is 0 Å². The summed E-state index contributed by atoms with van der Waals surface area (Å²) >= 11 is 3.42. The Kier molecular flexibility index (Phi) is 4.55. The molecule has 1 atom stereocenters. The van der Waals surface area contributed by atoms with Gasteiger partial charge in [-0.25, -0.2) is 4.39 Å². The third kappa shape index (κ3) is 3.07. The summed E-state index contributed by atoms with van der Waals surface area (Å²) in [5, 5.41) is 4.02. The zero-order chi connectivity index (χ0) is 14.9. The van der Waals surface area contributed by atoms with E-state index in [9.17, 15) is 4.39 Å². The highest BCUT2D eigenvalue weighted by molar-refractivity contribution is 9.10. The standard InChI is InChI=1S/C16H21BrFNO/c1-5-8-19-15(16(2,3)4)13-9-10-12(18)7-6-11(17)14(10)20-13/h6-7,9,15,19H,5,8H2,1-4H3. The number of rotatable bonds is 4. The molecular formula is C16H21BrFNO. The van der Waals surface area contributed by atoms with E-state index in [1.54, 1.807) is 6.07 Å². The van der Waals surface area contributed by atoms with Crippen molar-refractivity contribution in [3.05, 3.63) is 34.2 Å². The molecule has 1 aromatic heterocycles. The number of fused-ring (bicyclic) bond motifs is 1. The molecule has 0 aliphatic rings. The predicted octanol–water partition coefficient (Wildman–Crippen LogP) is 5.42. The lowest BCUT2D eigenvalue weighted by atomic mass is 9.85. The van der Waals surface area contributed by atoms with Crippen molar-refractivity contribution in [2.45, 2.75) is 40.2 Å². The molecule has 0 spiro atoms. The molecule has 4 heteroatoms. The summed E-state index contributed by atoms with van der Waals surface area (Å²) in [6, 6.07) is 5.00. The topological polar surface area (TPSA) is 25.2 Å². The Labute approximate surface area is 127 Å². The van der Waals surface area contributed by atoms with Crippen LogP contribution in [0.15, 0.2) is 27.1 Å². The average molecular weight is 342 g/mol. The molecule has 0 fully saturated rings. The minimum Gasteiger partial charge on any atom is -0.458 e. The molecule has 2 aromatic rings. The smallest absolute Gasteiger partial charge is 0.151 e. The molecule has 0 radical (unpaired) electrons. The zero-order valence-electron chi connectivity index (χ0n) is 12.4. The van der Waals surface area contributed by atoms with Gasteiger partial charge in [-0.15, -0.1) is 0 Å². The van der Waals surface area contributed by atoms with E-state index in [-0.39, 0.29) is 17.3 Å². The lowest BCUT2D eigenvalue weighted by molar-refractivity contribution is 0.241. The van der Waals surface area contributed by atoms with Crippen LogP contribution in [0.3, 0.4) is 0 Å². The fraction of sp³-hybridized carbons (Fsp3) is 0.500. The van der Waals surface area contributed by atoms with E-state index in [0.717, 1.165) is 23.2 Å². The largest absolute Gasteiger partial charge is 0.458 e. The lowest BCUT2D eigenvalue weighted by Gasteiger charge is -2.30. The van der Waals surface area contributed by atoms with Crippen LogP contribution in [0.25, 0.3) is 11.0 Å². The van der Waals surface area contributed by atoms with Crippen molar-refractivity contribution in [3.8, 4) is 0 Å². The molecule has 1 N–H and O–H groups in total. The van der Waals surface area contributed by atoms with Gasteiger partial charge in [0.15, 0.2) is 5.58 Å². The van der Waals surface area contributed by atoms with Crippen molar-refractivity contribution < 1.29 is 8.81 Å². The molecule has 110 valence electrons. The Bertz CT molecular complexity index is 561. The zero-order valence-corrected chi connectivity index (χ0v) is 14.0. The van der Waals surface area contributed by atoms with E-state index in [1.165, 1.54) is 6.07 Å². The second-order valence-electron chi connectivity index (χ2n) is 6.17. The van der Waals surface area contributed by atoms with Crippen LogP contribution < -0.4 is 5.32 Å². The van der Waals surface area contributed by atoms with Crippen molar-refractivity contribution in [1.82, 2.24) is 5.32 Å². The van der Waals surface area contributed by atoms with Crippen molar-refractivity contribution in [3.63, 3.8) is 0 Å². The van der Waals surface area contributed by atoms with E-state index in [0.29, 0.717) is 11.0 Å². The lowest BCUT2D eigenvalue weighted by Crippen LogP contribution is -2.32. The first-order valence-corrected chi connectivity index (χ1v) is 7.74. The molecule has 0 aliphatic carbocycles. The van der Waals surface area contributed by atoms with Gasteiger partial charge in [-0.05, 0) is 52.5 Å². The molecule has 0 saturated carbocycles. The summed E-state index contributed by atoms with van der Waals surface area (Å²) < 4.78 is 20.6. The molecule has 2 rings (SSSR count). The van der Waals surface area contributed by atoms with E-state index < -0.39 is 0 Å². The van der Waals surface area contributed by atoms with Gasteiger partial charge in [0.05, 0.1) is 15.9 Å². The second kappa shape index (κ2) is 5.86. The number of furan rings is 1. The van der Waals surface area contributed by atoms with E-state index in [4.69, 9.17) is 4.42 Å². The molecule has 0 saturated heterocycles. The van der Waals surface area contributed by atoms with E-state index in [2.05, 4.69) is 48.9 Å². The third-order valence-corrected chi connectivity index (χ3v) is 3.97. The fourth-order valence-corrected chi connectivity index (χ4v) is 2.77. The van der Waals surface area contributed by atoms with Gasteiger partial charge in [0.25, 0.3) is 0 Å². The molecule has 0 amide bonds. The Balaban J connectivity index is 2.49. The van der Waals surface area contributed by atoms with Gasteiger partial charge in [-0.3, -0.25) is 0 Å². The van der Waals surface area contributed by atoms with E-state index >= 15 is 0 Å². The maximum Gasteiger partial charge on any atom is 0.151 e. The first kappa shape index (κ1) is 15.5. The minimum atomic E-state index is -0.249. The molecule has 2 nitrogen and oxygen atoms in total. The predicted molar refractivity (Wildman–Crippen MR) is 84.4 cm³/mol. The summed E-state index contributed by atoms with van der Waals surface area (Å²) in [7, 11) is 0. The molecule has 1 unspecified atom stereocenters. The Morgan fingerprint density at radius 1 is 1.35 bits per heavy atom. The summed E-state index contributed by atoms with van der Waals surface area (Å²) in [6.45, 7) is 9.49. The van der Waals surface area contributed by atoms with Crippen LogP contribution in [0.5, 0.6) is 0 Å². The van der Waals surface area contributed by atoms with Gasteiger partial charge < -0.3 is 9.73 Å². The monoisotopic (exact) mass is 341 g/mol. The van der Waals surface area contributed by atoms with Gasteiger partial charge >= 0.3 is 0 Å². The summed E-state index contributed by atoms with van der Waals surface area (Å²) in [5.41, 5.74) is 0.568. The van der Waals surface area contributed by atoms with Gasteiger partial charge in [-0.1, -0.05) is 27.7 Å². The highest BCUT2D eigenvalue weighted by Crippen LogP contribution is 2.38. The first-order valence-electron chi connectivity index (χ1n) is 6.95. The number of hydrogen-bond acceptors (Lipinski definition) is 2. The summed E-state index contributed by atoms with van der Waals surface area (Å²) in [5.74, 6) is 0.535. The summed E-state index contributed by atoms with van der Waals surface area (Å²) in [4.78, 5) is 0. The second-order valence-corrected chi connectivity index (χ2v) is 7.03. The van der Waals surface area contributed by atoms with Crippen LogP contribution in [0, 0.1) is 11.2 Å². The molecule has 1 aromatic carbocycles. The van der Waals surface area contributed by atoms with Crippen LogP contribution in [-0.2, 0) is 0 Å². The Morgan fingerprint density at radius 2 is 2.05 bits per heavy atom. The normalized spacial score (nSPS) is 13.9. The Morgan fingerprint density at radius 3 is 2.60 bits per heavy atom. The number of nitrogens with one attached hydrogen (secondary N) is 1. The first-order chi connectivity index (χ1) is 9.34. The van der Waals surface area contributed by atoms with Crippen molar-refractivity contribution in [2.75, 3.05) is 6.54 Å². The molecule has 0 aliphatic heterocycles. The molecule has 1 heterocycles. The number of hydrogen-bond donors (Lipinski definition) is 1. The van der Waals surface area contributed by atoms with Crippen molar-refractivity contribution in [2.24, 2.45) is 5.41 Å². The Hall–Kier alpha value is -0.870. The van der Waals surface area contributed by atoms with Crippen LogP contribution in [0.1, 0.15) is 45.9 Å². The minimum absolute atomic E-state index is 0.00794. The third-order valence-electron chi connectivity index (χ3n) is 3.35. The fourth-order valence-electron chi connectivity index (χ4n) is 2.34. The number of benzene rings is 1. The van der Waals surface area contributed by atoms with Crippen LogP contribution in [0.4, 0.5) is 4.39 Å². The molecule has 0 bridgehead atoms. The quantitative estimate of drug-likeness (QED) is 0.802. The van der Waals surface area contributed by atoms with Crippen molar-refractivity contribution in [1.29, 1.82) is 0 Å². The maximum atomic E-state index is 13.9. The van der Waals surface area contributed by atoms with E-state index in [1.807, 2.05) is 6.07 Å². The average Bonchev–Trinajstić information content (AvgIpc) is 2.79. The number of halogens is 2. The molecular weight excluding hydrogens is 321 g/mol. The van der Waals surface area contributed by atoms with Gasteiger partial charge in [0.2, 0.25) is 0 Å². The van der Waals surface area contributed by atoms with Gasteiger partial charge in [0.1, 0.15) is 11.6 Å². The highest BCUT2D eigenvalue weighted by Gasteiger charge is 2.29. The highest BCUT2D eigenvalue weighted by atomic mass is 79.9. The van der Waals surface area contributed by atoms with Crippen LogP contribution in [0.2, 0.25) is 0 Å². The van der Waals surface area contributed by atoms with Gasteiger partial charge in [-0.2, -0.15) is 0 Å². The SMILES string of the molecule is CCCNC(c1cc2c(F)ccc(Br)c2o1)C(C)(C)C. The summed E-state index contributed by atoms with van der Waals surface area (Å²) in [6.07, 6.45) is 1.05. The van der Waals surface area contributed by atoms with Crippen LogP contribution in [-0.4, -0.2) is 6.54 Å². The molecule has 20 heavy (non-hydrogen) atoms. The van der Waals surface area contributed by atoms with Crippen LogP contribution >= 0.6 is 15.9 Å². The van der Waals surface area contributed by atoms with Crippen molar-refractivity contribution >= 4 is 26.9 Å². The maximum absolute atomic E-state index is 13.9.